The first-order chi connectivity index (χ1) is 9.90. The zero-order valence-corrected chi connectivity index (χ0v) is 11.9. The van der Waals surface area contributed by atoms with Gasteiger partial charge in [0.2, 0.25) is 0 Å². The Bertz CT molecular complexity index is 430. The molecule has 0 bridgehead atoms. The standard InChI is InChI=1S/C16H24N4/c1-4-13(19-11-15-6-2-8-17-15)10-14(5-1)20-12-16-7-3-9-18-16/h2-3,6-9,13-14,17-20H,1,4-5,10-12H2. The van der Waals surface area contributed by atoms with Crippen LogP contribution in [0.3, 0.4) is 0 Å². The normalized spacial score (nSPS) is 23.0. The van der Waals surface area contributed by atoms with Crippen molar-refractivity contribution in [2.45, 2.75) is 50.9 Å². The van der Waals surface area contributed by atoms with Crippen LogP contribution >= 0.6 is 0 Å². The van der Waals surface area contributed by atoms with Gasteiger partial charge >= 0.3 is 0 Å². The number of hydrogen-bond acceptors (Lipinski definition) is 2. The summed E-state index contributed by atoms with van der Waals surface area (Å²) in [5, 5.41) is 7.34. The summed E-state index contributed by atoms with van der Waals surface area (Å²) in [6.45, 7) is 1.89. The Kier molecular flexibility index (Phi) is 4.56. The first kappa shape index (κ1) is 13.5. The predicted molar refractivity (Wildman–Crippen MR) is 81.3 cm³/mol. The molecule has 1 saturated carbocycles. The third kappa shape index (κ3) is 3.74. The van der Waals surface area contributed by atoms with Gasteiger partial charge in [0.05, 0.1) is 0 Å². The molecular weight excluding hydrogens is 248 g/mol. The fraction of sp³-hybridized carbons (Fsp3) is 0.500. The summed E-state index contributed by atoms with van der Waals surface area (Å²) in [7, 11) is 0. The summed E-state index contributed by atoms with van der Waals surface area (Å²) in [6.07, 6.45) is 9.09. The summed E-state index contributed by atoms with van der Waals surface area (Å²) in [5.74, 6) is 0. The lowest BCUT2D eigenvalue weighted by atomic mass is 9.91. The average molecular weight is 272 g/mol. The molecule has 4 N–H and O–H groups in total. The minimum absolute atomic E-state index is 0.633. The number of aromatic amines is 2. The second-order valence-electron chi connectivity index (χ2n) is 5.71. The monoisotopic (exact) mass is 272 g/mol. The molecule has 20 heavy (non-hydrogen) atoms. The number of aromatic nitrogens is 2. The van der Waals surface area contributed by atoms with E-state index in [4.69, 9.17) is 0 Å². The number of nitrogens with one attached hydrogen (secondary N) is 4. The van der Waals surface area contributed by atoms with E-state index in [0.29, 0.717) is 12.1 Å². The minimum atomic E-state index is 0.633. The van der Waals surface area contributed by atoms with Crippen molar-refractivity contribution in [3.05, 3.63) is 48.0 Å². The van der Waals surface area contributed by atoms with Crippen LogP contribution in [0.4, 0.5) is 0 Å². The molecule has 0 amide bonds. The maximum absolute atomic E-state index is 3.67. The van der Waals surface area contributed by atoms with Crippen LogP contribution in [-0.2, 0) is 13.1 Å². The van der Waals surface area contributed by atoms with Gasteiger partial charge in [-0.1, -0.05) is 6.42 Å². The summed E-state index contributed by atoms with van der Waals surface area (Å²) in [5.41, 5.74) is 2.54. The molecular formula is C16H24N4. The molecule has 0 aliphatic heterocycles. The Hall–Kier alpha value is -1.52. The smallest absolute Gasteiger partial charge is 0.0359 e. The summed E-state index contributed by atoms with van der Waals surface area (Å²) in [4.78, 5) is 6.50. The number of hydrogen-bond donors (Lipinski definition) is 4. The van der Waals surface area contributed by atoms with E-state index in [-0.39, 0.29) is 0 Å². The van der Waals surface area contributed by atoms with Crippen molar-refractivity contribution in [2.75, 3.05) is 0 Å². The third-order valence-corrected chi connectivity index (χ3v) is 4.16. The minimum Gasteiger partial charge on any atom is -0.364 e. The Morgan fingerprint density at radius 3 is 1.90 bits per heavy atom. The molecule has 0 aromatic carbocycles. The molecule has 2 unspecified atom stereocenters. The highest BCUT2D eigenvalue weighted by atomic mass is 15.0. The van der Waals surface area contributed by atoms with Gasteiger partial charge in [0.15, 0.2) is 0 Å². The molecule has 108 valence electrons. The van der Waals surface area contributed by atoms with Gasteiger partial charge in [-0.25, -0.2) is 0 Å². The van der Waals surface area contributed by atoms with E-state index in [2.05, 4.69) is 44.9 Å². The van der Waals surface area contributed by atoms with E-state index in [1.807, 2.05) is 12.4 Å². The zero-order valence-electron chi connectivity index (χ0n) is 11.9. The highest BCUT2D eigenvalue weighted by Gasteiger charge is 2.21. The SMILES string of the molecule is c1c[nH]c(CNC2CCCC(NCc3ccc[nH]3)C2)c1. The van der Waals surface area contributed by atoms with Gasteiger partial charge < -0.3 is 20.6 Å². The van der Waals surface area contributed by atoms with Gasteiger partial charge in [0.25, 0.3) is 0 Å². The van der Waals surface area contributed by atoms with E-state index in [1.165, 1.54) is 37.1 Å². The Labute approximate surface area is 120 Å². The van der Waals surface area contributed by atoms with Crippen molar-refractivity contribution in [3.8, 4) is 0 Å². The molecule has 3 rings (SSSR count). The third-order valence-electron chi connectivity index (χ3n) is 4.16. The van der Waals surface area contributed by atoms with E-state index >= 15 is 0 Å². The lowest BCUT2D eigenvalue weighted by Gasteiger charge is -2.30. The molecule has 4 nitrogen and oxygen atoms in total. The second-order valence-corrected chi connectivity index (χ2v) is 5.71. The van der Waals surface area contributed by atoms with Crippen molar-refractivity contribution in [1.29, 1.82) is 0 Å². The molecule has 1 aliphatic rings. The van der Waals surface area contributed by atoms with Gasteiger partial charge in [0.1, 0.15) is 0 Å². The van der Waals surface area contributed by atoms with E-state index in [0.717, 1.165) is 13.1 Å². The van der Waals surface area contributed by atoms with Gasteiger partial charge in [-0.2, -0.15) is 0 Å². The molecule has 2 aromatic rings. The van der Waals surface area contributed by atoms with Gasteiger partial charge in [-0.05, 0) is 43.5 Å². The number of rotatable bonds is 6. The molecule has 2 heterocycles. The molecule has 1 aliphatic carbocycles. The van der Waals surface area contributed by atoms with Crippen molar-refractivity contribution >= 4 is 0 Å². The van der Waals surface area contributed by atoms with Crippen molar-refractivity contribution in [1.82, 2.24) is 20.6 Å². The molecule has 0 spiro atoms. The molecule has 1 fully saturated rings. The molecule has 0 saturated heterocycles. The van der Waals surface area contributed by atoms with Crippen LogP contribution in [0.25, 0.3) is 0 Å². The topological polar surface area (TPSA) is 55.6 Å². The maximum Gasteiger partial charge on any atom is 0.0359 e. The van der Waals surface area contributed by atoms with Crippen molar-refractivity contribution < 1.29 is 0 Å². The van der Waals surface area contributed by atoms with Crippen molar-refractivity contribution in [2.24, 2.45) is 0 Å². The Morgan fingerprint density at radius 1 is 0.900 bits per heavy atom. The fourth-order valence-corrected chi connectivity index (χ4v) is 3.02. The van der Waals surface area contributed by atoms with Crippen LogP contribution in [0.2, 0.25) is 0 Å². The Balaban J connectivity index is 1.41. The number of H-pyrrole nitrogens is 2. The molecule has 2 aromatic heterocycles. The highest BCUT2D eigenvalue weighted by Crippen LogP contribution is 2.19. The van der Waals surface area contributed by atoms with Crippen LogP contribution in [0.1, 0.15) is 37.1 Å². The highest BCUT2D eigenvalue weighted by molar-refractivity contribution is 5.04. The zero-order chi connectivity index (χ0) is 13.6. The predicted octanol–water partition coefficient (Wildman–Crippen LogP) is 2.53. The lowest BCUT2D eigenvalue weighted by Crippen LogP contribution is -2.41. The first-order valence-corrected chi connectivity index (χ1v) is 7.61. The van der Waals surface area contributed by atoms with Crippen LogP contribution in [0, 0.1) is 0 Å². The van der Waals surface area contributed by atoms with Crippen LogP contribution in [-0.4, -0.2) is 22.1 Å². The van der Waals surface area contributed by atoms with Gasteiger partial charge in [-0.15, -0.1) is 0 Å². The van der Waals surface area contributed by atoms with E-state index < -0.39 is 0 Å². The largest absolute Gasteiger partial charge is 0.364 e. The van der Waals surface area contributed by atoms with Crippen LogP contribution in [0.15, 0.2) is 36.7 Å². The summed E-state index contributed by atoms with van der Waals surface area (Å²) in [6, 6.07) is 9.64. The van der Waals surface area contributed by atoms with Crippen LogP contribution in [0.5, 0.6) is 0 Å². The second kappa shape index (κ2) is 6.77. The molecule has 4 heteroatoms. The van der Waals surface area contributed by atoms with Crippen LogP contribution < -0.4 is 10.6 Å². The van der Waals surface area contributed by atoms with E-state index in [9.17, 15) is 0 Å². The summed E-state index contributed by atoms with van der Waals surface area (Å²) < 4.78 is 0. The molecule has 0 radical (unpaired) electrons. The quantitative estimate of drug-likeness (QED) is 0.653. The van der Waals surface area contributed by atoms with Gasteiger partial charge in [-0.3, -0.25) is 0 Å². The molecule has 2 atom stereocenters. The first-order valence-electron chi connectivity index (χ1n) is 7.61. The Morgan fingerprint density at radius 2 is 1.45 bits per heavy atom. The van der Waals surface area contributed by atoms with Crippen molar-refractivity contribution in [3.63, 3.8) is 0 Å². The maximum atomic E-state index is 3.67. The van der Waals surface area contributed by atoms with Gasteiger partial charge in [0, 0.05) is 49.0 Å². The summed E-state index contributed by atoms with van der Waals surface area (Å²) >= 11 is 0. The lowest BCUT2D eigenvalue weighted by molar-refractivity contribution is 0.299. The average Bonchev–Trinajstić information content (AvgIpc) is 3.17. The van der Waals surface area contributed by atoms with E-state index in [1.54, 1.807) is 0 Å². The fourth-order valence-electron chi connectivity index (χ4n) is 3.02.